The molecule has 2 rings (SSSR count). The van der Waals surface area contributed by atoms with Crippen LogP contribution in [0, 0.1) is 5.92 Å². The Labute approximate surface area is 88.6 Å². The van der Waals surface area contributed by atoms with Crippen LogP contribution in [0.3, 0.4) is 0 Å². The average molecular weight is 208 g/mol. The van der Waals surface area contributed by atoms with Crippen LogP contribution in [0.25, 0.3) is 0 Å². The second-order valence-electron chi connectivity index (χ2n) is 4.06. The normalized spacial score (nSPS) is 17.1. The fourth-order valence-corrected chi connectivity index (χ4v) is 2.05. The molecule has 0 aliphatic heterocycles. The van der Waals surface area contributed by atoms with Crippen LogP contribution in [0.15, 0.2) is 6.20 Å². The molecule has 1 fully saturated rings. The molecule has 15 heavy (non-hydrogen) atoms. The first-order valence-electron chi connectivity index (χ1n) is 5.41. The largest absolute Gasteiger partial charge is 0.325 e. The lowest BCUT2D eigenvalue weighted by molar-refractivity contribution is -0.123. The van der Waals surface area contributed by atoms with Gasteiger partial charge in [0, 0.05) is 12.5 Å². The van der Waals surface area contributed by atoms with Gasteiger partial charge in [-0.15, -0.1) is 5.10 Å². The van der Waals surface area contributed by atoms with E-state index in [0.717, 1.165) is 18.5 Å². The standard InChI is InChI=1S/C10H16N4O/c11-5-9-6-14(13-12-9)7-10(15)8-3-1-2-4-8/h6,8H,1-5,7,11H2. The molecular formula is C10H16N4O. The van der Waals surface area contributed by atoms with Crippen LogP contribution in [0.4, 0.5) is 0 Å². The lowest BCUT2D eigenvalue weighted by atomic mass is 10.0. The van der Waals surface area contributed by atoms with Gasteiger partial charge < -0.3 is 5.73 Å². The molecule has 1 aliphatic carbocycles. The number of Topliss-reactive ketones (excluding diaryl/α,β-unsaturated/α-hetero) is 1. The zero-order chi connectivity index (χ0) is 10.7. The lowest BCUT2D eigenvalue weighted by Gasteiger charge is -2.06. The van der Waals surface area contributed by atoms with Crippen molar-refractivity contribution in [2.45, 2.75) is 38.8 Å². The van der Waals surface area contributed by atoms with E-state index >= 15 is 0 Å². The van der Waals surface area contributed by atoms with Gasteiger partial charge in [-0.05, 0) is 12.8 Å². The Morgan fingerprint density at radius 3 is 2.87 bits per heavy atom. The van der Waals surface area contributed by atoms with Crippen LogP contribution in [-0.2, 0) is 17.9 Å². The summed E-state index contributed by atoms with van der Waals surface area (Å²) in [5.74, 6) is 0.525. The van der Waals surface area contributed by atoms with Crippen molar-refractivity contribution < 1.29 is 4.79 Å². The molecule has 1 aromatic heterocycles. The van der Waals surface area contributed by atoms with Crippen LogP contribution in [0.1, 0.15) is 31.4 Å². The maximum atomic E-state index is 11.8. The number of nitrogens with zero attached hydrogens (tertiary/aromatic N) is 3. The van der Waals surface area contributed by atoms with Gasteiger partial charge in [-0.25, -0.2) is 4.68 Å². The number of carbonyl (C=O) groups excluding carboxylic acids is 1. The van der Waals surface area contributed by atoms with Gasteiger partial charge in [-0.3, -0.25) is 4.79 Å². The number of carbonyl (C=O) groups is 1. The molecule has 0 bridgehead atoms. The Morgan fingerprint density at radius 1 is 1.53 bits per heavy atom. The topological polar surface area (TPSA) is 73.8 Å². The van der Waals surface area contributed by atoms with Crippen LogP contribution in [0.2, 0.25) is 0 Å². The fraction of sp³-hybridized carbons (Fsp3) is 0.700. The highest BCUT2D eigenvalue weighted by molar-refractivity contribution is 5.80. The Hall–Kier alpha value is -1.23. The number of rotatable bonds is 4. The molecule has 1 aliphatic rings. The summed E-state index contributed by atoms with van der Waals surface area (Å²) in [7, 11) is 0. The van der Waals surface area contributed by atoms with Crippen LogP contribution < -0.4 is 5.73 Å². The van der Waals surface area contributed by atoms with E-state index in [2.05, 4.69) is 10.3 Å². The molecule has 0 atom stereocenters. The Kier molecular flexibility index (Phi) is 3.11. The third kappa shape index (κ3) is 2.41. The summed E-state index contributed by atoms with van der Waals surface area (Å²) in [6.07, 6.45) is 6.19. The highest BCUT2D eigenvalue weighted by Crippen LogP contribution is 2.25. The molecule has 0 saturated heterocycles. The second kappa shape index (κ2) is 4.53. The summed E-state index contributed by atoms with van der Waals surface area (Å²) in [6.45, 7) is 0.718. The van der Waals surface area contributed by atoms with E-state index in [9.17, 15) is 4.79 Å². The molecule has 0 aromatic carbocycles. The molecule has 0 radical (unpaired) electrons. The number of nitrogens with two attached hydrogens (primary N) is 1. The molecule has 5 nitrogen and oxygen atoms in total. The van der Waals surface area contributed by atoms with Gasteiger partial charge in [-0.2, -0.15) is 0 Å². The number of hydrogen-bond acceptors (Lipinski definition) is 4. The number of ketones is 1. The smallest absolute Gasteiger partial charge is 0.157 e. The molecule has 1 aromatic rings. The molecule has 82 valence electrons. The van der Waals surface area contributed by atoms with Gasteiger partial charge >= 0.3 is 0 Å². The third-order valence-corrected chi connectivity index (χ3v) is 2.92. The molecule has 2 N–H and O–H groups in total. The average Bonchev–Trinajstić information content (AvgIpc) is 2.87. The van der Waals surface area contributed by atoms with Crippen molar-refractivity contribution in [1.82, 2.24) is 15.0 Å². The number of aromatic nitrogens is 3. The van der Waals surface area contributed by atoms with E-state index in [0.29, 0.717) is 13.1 Å². The summed E-state index contributed by atoms with van der Waals surface area (Å²) in [4.78, 5) is 11.8. The SMILES string of the molecule is NCc1cn(CC(=O)C2CCCC2)nn1. The molecule has 0 amide bonds. The van der Waals surface area contributed by atoms with Gasteiger partial charge in [0.05, 0.1) is 11.9 Å². The summed E-state index contributed by atoms with van der Waals surface area (Å²) in [5.41, 5.74) is 6.15. The van der Waals surface area contributed by atoms with Crippen LogP contribution >= 0.6 is 0 Å². The zero-order valence-corrected chi connectivity index (χ0v) is 8.72. The monoisotopic (exact) mass is 208 g/mol. The van der Waals surface area contributed by atoms with Crippen LogP contribution in [0.5, 0.6) is 0 Å². The molecule has 0 unspecified atom stereocenters. The summed E-state index contributed by atoms with van der Waals surface area (Å²) >= 11 is 0. The van der Waals surface area contributed by atoms with Gasteiger partial charge in [0.15, 0.2) is 5.78 Å². The highest BCUT2D eigenvalue weighted by atomic mass is 16.1. The minimum atomic E-state index is 0.246. The quantitative estimate of drug-likeness (QED) is 0.781. The second-order valence-corrected chi connectivity index (χ2v) is 4.06. The predicted octanol–water partition coefficient (Wildman–Crippen LogP) is 0.496. The zero-order valence-electron chi connectivity index (χ0n) is 8.72. The highest BCUT2D eigenvalue weighted by Gasteiger charge is 2.22. The molecule has 5 heteroatoms. The van der Waals surface area contributed by atoms with E-state index in [4.69, 9.17) is 5.73 Å². The Bertz CT molecular complexity index is 341. The van der Waals surface area contributed by atoms with Crippen molar-refractivity contribution in [2.24, 2.45) is 11.7 Å². The van der Waals surface area contributed by atoms with E-state index in [1.807, 2.05) is 0 Å². The first-order chi connectivity index (χ1) is 7.29. The first kappa shape index (κ1) is 10.3. The minimum Gasteiger partial charge on any atom is -0.325 e. The van der Waals surface area contributed by atoms with Crippen LogP contribution in [-0.4, -0.2) is 20.8 Å². The molecular weight excluding hydrogens is 192 g/mol. The van der Waals surface area contributed by atoms with Crippen molar-refractivity contribution in [1.29, 1.82) is 0 Å². The van der Waals surface area contributed by atoms with Crippen molar-refractivity contribution >= 4 is 5.78 Å². The maximum Gasteiger partial charge on any atom is 0.157 e. The summed E-state index contributed by atoms with van der Waals surface area (Å²) in [6, 6.07) is 0. The summed E-state index contributed by atoms with van der Waals surface area (Å²) < 4.78 is 1.59. The predicted molar refractivity (Wildman–Crippen MR) is 54.9 cm³/mol. The number of hydrogen-bond donors (Lipinski definition) is 1. The van der Waals surface area contributed by atoms with Crippen molar-refractivity contribution in [3.05, 3.63) is 11.9 Å². The van der Waals surface area contributed by atoms with Crippen molar-refractivity contribution in [3.8, 4) is 0 Å². The minimum absolute atomic E-state index is 0.246. The molecule has 1 saturated carbocycles. The first-order valence-corrected chi connectivity index (χ1v) is 5.41. The lowest BCUT2D eigenvalue weighted by Crippen LogP contribution is -2.18. The van der Waals surface area contributed by atoms with Gasteiger partial charge in [0.1, 0.15) is 6.54 Å². The van der Waals surface area contributed by atoms with Gasteiger partial charge in [-0.1, -0.05) is 18.1 Å². The van der Waals surface area contributed by atoms with E-state index < -0.39 is 0 Å². The van der Waals surface area contributed by atoms with Crippen molar-refractivity contribution in [3.63, 3.8) is 0 Å². The van der Waals surface area contributed by atoms with Crippen molar-refractivity contribution in [2.75, 3.05) is 0 Å². The maximum absolute atomic E-state index is 11.8. The molecule has 1 heterocycles. The molecule has 0 spiro atoms. The summed E-state index contributed by atoms with van der Waals surface area (Å²) in [5, 5.41) is 7.71. The third-order valence-electron chi connectivity index (χ3n) is 2.92. The Balaban J connectivity index is 1.92. The van der Waals surface area contributed by atoms with E-state index in [1.165, 1.54) is 12.8 Å². The van der Waals surface area contributed by atoms with E-state index in [-0.39, 0.29) is 11.7 Å². The van der Waals surface area contributed by atoms with Gasteiger partial charge in [0.2, 0.25) is 0 Å². The fourth-order valence-electron chi connectivity index (χ4n) is 2.05. The van der Waals surface area contributed by atoms with Gasteiger partial charge in [0.25, 0.3) is 0 Å². The van der Waals surface area contributed by atoms with E-state index in [1.54, 1.807) is 10.9 Å². The Morgan fingerprint density at radius 2 is 2.27 bits per heavy atom.